The minimum atomic E-state index is 1.02. The highest BCUT2D eigenvalue weighted by atomic mass is 15.1. The van der Waals surface area contributed by atoms with Gasteiger partial charge in [-0.3, -0.25) is 0 Å². The molecule has 0 radical (unpaired) electrons. The van der Waals surface area contributed by atoms with Gasteiger partial charge in [0.05, 0.1) is 5.69 Å². The zero-order valence-corrected chi connectivity index (χ0v) is 11.6. The molecule has 2 rings (SSSR count). The van der Waals surface area contributed by atoms with E-state index in [-0.39, 0.29) is 0 Å². The fourth-order valence-corrected chi connectivity index (χ4v) is 1.86. The molecule has 0 spiro atoms. The molecule has 0 fully saturated rings. The van der Waals surface area contributed by atoms with Gasteiger partial charge in [0.1, 0.15) is 5.84 Å². The van der Waals surface area contributed by atoms with Gasteiger partial charge < -0.3 is 4.90 Å². The van der Waals surface area contributed by atoms with Crippen LogP contribution in [0.2, 0.25) is 0 Å². The highest BCUT2D eigenvalue weighted by molar-refractivity contribution is 5.84. The number of amidine groups is 1. The lowest BCUT2D eigenvalue weighted by molar-refractivity contribution is 0.619. The molecule has 0 saturated carbocycles. The van der Waals surface area contributed by atoms with E-state index in [1.54, 1.807) is 0 Å². The molecule has 2 nitrogen and oxygen atoms in total. The number of rotatable bonds is 2. The summed E-state index contributed by atoms with van der Waals surface area (Å²) in [5.74, 6) is 1.02. The molecule has 0 bridgehead atoms. The number of nitrogens with zero attached hydrogens (tertiary/aromatic N) is 2. The van der Waals surface area contributed by atoms with Crippen LogP contribution in [0.3, 0.4) is 0 Å². The average molecular weight is 240 g/mol. The Morgan fingerprint density at radius 2 is 2.06 bits per heavy atom. The van der Waals surface area contributed by atoms with Crippen molar-refractivity contribution in [3.05, 3.63) is 47.6 Å². The zero-order valence-electron chi connectivity index (χ0n) is 11.6. The SMILES string of the molecule is CC(=Nc1cc(C2=CCC=C2)ccc1C)N(C)C. The molecule has 0 atom stereocenters. The lowest BCUT2D eigenvalue weighted by Gasteiger charge is -2.12. The van der Waals surface area contributed by atoms with Gasteiger partial charge in [0.2, 0.25) is 0 Å². The fourth-order valence-electron chi connectivity index (χ4n) is 1.86. The maximum Gasteiger partial charge on any atom is 0.101 e. The lowest BCUT2D eigenvalue weighted by atomic mass is 10.0. The summed E-state index contributed by atoms with van der Waals surface area (Å²) < 4.78 is 0. The highest BCUT2D eigenvalue weighted by Crippen LogP contribution is 2.27. The molecule has 1 aromatic rings. The van der Waals surface area contributed by atoms with E-state index in [2.05, 4.69) is 48.3 Å². The molecule has 2 heteroatoms. The Hall–Kier alpha value is -1.83. The topological polar surface area (TPSA) is 15.6 Å². The quantitative estimate of drug-likeness (QED) is 0.564. The number of hydrogen-bond donors (Lipinski definition) is 0. The molecule has 1 aliphatic rings. The minimum Gasteiger partial charge on any atom is -0.366 e. The first kappa shape index (κ1) is 12.6. The minimum absolute atomic E-state index is 1.02. The van der Waals surface area contributed by atoms with Gasteiger partial charge in [0, 0.05) is 14.1 Å². The Bertz CT molecular complexity index is 534. The number of allylic oxidation sites excluding steroid dienone is 4. The number of benzene rings is 1. The largest absolute Gasteiger partial charge is 0.366 e. The number of hydrogen-bond acceptors (Lipinski definition) is 1. The molecule has 0 aromatic heterocycles. The number of aryl methyl sites for hydroxylation is 1. The van der Waals surface area contributed by atoms with Crippen LogP contribution in [0.4, 0.5) is 5.69 Å². The first-order valence-corrected chi connectivity index (χ1v) is 6.28. The summed E-state index contributed by atoms with van der Waals surface area (Å²) in [6.07, 6.45) is 7.65. The Kier molecular flexibility index (Phi) is 3.66. The molecule has 0 saturated heterocycles. The van der Waals surface area contributed by atoms with E-state index in [4.69, 9.17) is 0 Å². The smallest absolute Gasteiger partial charge is 0.101 e. The van der Waals surface area contributed by atoms with Gasteiger partial charge in [0.25, 0.3) is 0 Å². The Morgan fingerprint density at radius 3 is 2.67 bits per heavy atom. The molecule has 0 amide bonds. The van der Waals surface area contributed by atoms with E-state index >= 15 is 0 Å². The fraction of sp³-hybridized carbons (Fsp3) is 0.312. The second kappa shape index (κ2) is 5.21. The van der Waals surface area contributed by atoms with Crippen LogP contribution in [-0.4, -0.2) is 24.8 Å². The zero-order chi connectivity index (χ0) is 13.1. The van der Waals surface area contributed by atoms with E-state index in [0.29, 0.717) is 0 Å². The van der Waals surface area contributed by atoms with Crippen LogP contribution < -0.4 is 0 Å². The molecule has 94 valence electrons. The Labute approximate surface area is 109 Å². The third kappa shape index (κ3) is 2.70. The first-order chi connectivity index (χ1) is 8.58. The molecule has 1 aliphatic carbocycles. The summed E-state index contributed by atoms with van der Waals surface area (Å²) in [6, 6.07) is 6.48. The van der Waals surface area contributed by atoms with E-state index in [0.717, 1.165) is 17.9 Å². The Morgan fingerprint density at radius 1 is 1.28 bits per heavy atom. The molecule has 0 unspecified atom stereocenters. The summed E-state index contributed by atoms with van der Waals surface area (Å²) in [6.45, 7) is 4.13. The van der Waals surface area contributed by atoms with Crippen molar-refractivity contribution in [3.8, 4) is 0 Å². The third-order valence-corrected chi connectivity index (χ3v) is 3.24. The third-order valence-electron chi connectivity index (χ3n) is 3.24. The van der Waals surface area contributed by atoms with E-state index in [1.165, 1.54) is 16.7 Å². The normalized spacial score (nSPS) is 14.9. The van der Waals surface area contributed by atoms with Crippen LogP contribution in [0.15, 0.2) is 41.4 Å². The predicted octanol–water partition coefficient (Wildman–Crippen LogP) is 3.95. The summed E-state index contributed by atoms with van der Waals surface area (Å²) >= 11 is 0. The van der Waals surface area contributed by atoms with Gasteiger partial charge in [-0.05, 0) is 43.0 Å². The van der Waals surface area contributed by atoms with Gasteiger partial charge in [-0.25, -0.2) is 4.99 Å². The van der Waals surface area contributed by atoms with Gasteiger partial charge >= 0.3 is 0 Å². The highest BCUT2D eigenvalue weighted by Gasteiger charge is 2.05. The van der Waals surface area contributed by atoms with Crippen molar-refractivity contribution in [3.63, 3.8) is 0 Å². The second-order valence-electron chi connectivity index (χ2n) is 4.85. The summed E-state index contributed by atoms with van der Waals surface area (Å²) in [4.78, 5) is 6.71. The van der Waals surface area contributed by atoms with Gasteiger partial charge in [-0.1, -0.05) is 30.4 Å². The molecule has 18 heavy (non-hydrogen) atoms. The van der Waals surface area contributed by atoms with Crippen LogP contribution in [0.5, 0.6) is 0 Å². The molecule has 0 heterocycles. The van der Waals surface area contributed by atoms with E-state index < -0.39 is 0 Å². The van der Waals surface area contributed by atoms with Crippen molar-refractivity contribution >= 4 is 17.1 Å². The maximum absolute atomic E-state index is 4.68. The molecular formula is C16H20N2. The van der Waals surface area contributed by atoms with Gasteiger partial charge in [-0.15, -0.1) is 0 Å². The first-order valence-electron chi connectivity index (χ1n) is 6.28. The lowest BCUT2D eigenvalue weighted by Crippen LogP contribution is -2.17. The maximum atomic E-state index is 4.68. The van der Waals surface area contributed by atoms with Crippen LogP contribution >= 0.6 is 0 Å². The second-order valence-corrected chi connectivity index (χ2v) is 4.85. The molecule has 0 N–H and O–H groups in total. The van der Waals surface area contributed by atoms with Crippen LogP contribution in [0, 0.1) is 6.92 Å². The van der Waals surface area contributed by atoms with Crippen molar-refractivity contribution in [2.75, 3.05) is 14.1 Å². The van der Waals surface area contributed by atoms with Gasteiger partial charge in [0.15, 0.2) is 0 Å². The molecule has 0 aliphatic heterocycles. The van der Waals surface area contributed by atoms with Gasteiger partial charge in [-0.2, -0.15) is 0 Å². The predicted molar refractivity (Wildman–Crippen MR) is 79.4 cm³/mol. The monoisotopic (exact) mass is 240 g/mol. The van der Waals surface area contributed by atoms with Crippen molar-refractivity contribution in [2.24, 2.45) is 4.99 Å². The van der Waals surface area contributed by atoms with Crippen molar-refractivity contribution in [1.29, 1.82) is 0 Å². The van der Waals surface area contributed by atoms with Crippen LogP contribution in [-0.2, 0) is 0 Å². The summed E-state index contributed by atoms with van der Waals surface area (Å²) in [5.41, 5.74) is 4.82. The standard InChI is InChI=1S/C16H20N2/c1-12-9-10-15(14-7-5-6-8-14)11-16(12)17-13(2)18(3)4/h5,7-11H,6H2,1-4H3. The van der Waals surface area contributed by atoms with Crippen molar-refractivity contribution in [1.82, 2.24) is 4.90 Å². The Balaban J connectivity index is 2.39. The average Bonchev–Trinajstić information content (AvgIpc) is 2.85. The van der Waals surface area contributed by atoms with Crippen molar-refractivity contribution in [2.45, 2.75) is 20.3 Å². The molecule has 1 aromatic carbocycles. The van der Waals surface area contributed by atoms with E-state index in [9.17, 15) is 0 Å². The molecular weight excluding hydrogens is 220 g/mol. The summed E-state index contributed by atoms with van der Waals surface area (Å²) in [5, 5.41) is 0. The van der Waals surface area contributed by atoms with Crippen LogP contribution in [0.1, 0.15) is 24.5 Å². The summed E-state index contributed by atoms with van der Waals surface area (Å²) in [7, 11) is 4.03. The van der Waals surface area contributed by atoms with E-state index in [1.807, 2.05) is 25.9 Å². The number of aliphatic imine (C=N–C) groups is 1. The van der Waals surface area contributed by atoms with Crippen LogP contribution in [0.25, 0.3) is 5.57 Å². The van der Waals surface area contributed by atoms with Crippen molar-refractivity contribution < 1.29 is 0 Å².